The van der Waals surface area contributed by atoms with Crippen LogP contribution in [0.3, 0.4) is 0 Å². The van der Waals surface area contributed by atoms with Crippen LogP contribution in [-0.2, 0) is 17.6 Å². The molecule has 1 atom stereocenters. The van der Waals surface area contributed by atoms with Gasteiger partial charge < -0.3 is 10.4 Å². The van der Waals surface area contributed by atoms with Gasteiger partial charge in [0.2, 0.25) is 0 Å². The lowest BCUT2D eigenvalue weighted by Crippen LogP contribution is -2.40. The third-order valence-corrected chi connectivity index (χ3v) is 6.86. The van der Waals surface area contributed by atoms with Crippen LogP contribution < -0.4 is 5.32 Å². The maximum absolute atomic E-state index is 11.9. The number of aromatic nitrogens is 1. The van der Waals surface area contributed by atoms with Crippen molar-refractivity contribution in [3.8, 4) is 0 Å². The Balaban J connectivity index is 1.16. The number of nitrogens with zero attached hydrogens (tertiary/aromatic N) is 2. The number of carboxylic acids is 1. The molecule has 166 valence electrons. The van der Waals surface area contributed by atoms with E-state index in [0.717, 1.165) is 62.6 Å². The third kappa shape index (κ3) is 5.85. The third-order valence-electron chi connectivity index (χ3n) is 6.86. The van der Waals surface area contributed by atoms with Crippen LogP contribution in [0.25, 0.3) is 0 Å². The van der Waals surface area contributed by atoms with Crippen molar-refractivity contribution in [3.63, 3.8) is 0 Å². The normalized spacial score (nSPS) is 18.2. The summed E-state index contributed by atoms with van der Waals surface area (Å²) in [5, 5.41) is 13.2. The van der Waals surface area contributed by atoms with Crippen LogP contribution >= 0.6 is 0 Å². The fourth-order valence-corrected chi connectivity index (χ4v) is 5.07. The lowest BCUT2D eigenvalue weighted by Gasteiger charge is -2.36. The molecule has 0 aliphatic carbocycles. The van der Waals surface area contributed by atoms with Crippen molar-refractivity contribution in [3.05, 3.63) is 59.3 Å². The minimum absolute atomic E-state index is 0.513. The first-order valence-corrected chi connectivity index (χ1v) is 11.9. The predicted molar refractivity (Wildman–Crippen MR) is 124 cm³/mol. The Labute approximate surface area is 185 Å². The van der Waals surface area contributed by atoms with Crippen molar-refractivity contribution in [2.75, 3.05) is 25.0 Å². The van der Waals surface area contributed by atoms with Gasteiger partial charge in [0, 0.05) is 12.2 Å². The van der Waals surface area contributed by atoms with Gasteiger partial charge in [0.15, 0.2) is 0 Å². The van der Waals surface area contributed by atoms with Crippen LogP contribution in [0.15, 0.2) is 42.5 Å². The molecule has 1 saturated heterocycles. The van der Waals surface area contributed by atoms with E-state index in [9.17, 15) is 9.90 Å². The second-order valence-electron chi connectivity index (χ2n) is 9.07. The second kappa shape index (κ2) is 10.8. The highest BCUT2D eigenvalue weighted by Gasteiger charge is 2.30. The minimum atomic E-state index is -0.740. The molecular weight excluding hydrogens is 386 g/mol. The molecule has 0 spiro atoms. The molecule has 0 saturated carbocycles. The largest absolute Gasteiger partial charge is 0.480 e. The van der Waals surface area contributed by atoms with Crippen molar-refractivity contribution in [1.82, 2.24) is 9.88 Å². The number of nitrogens with one attached hydrogen (secondary N) is 1. The quantitative estimate of drug-likeness (QED) is 0.553. The molecule has 31 heavy (non-hydrogen) atoms. The number of fused-ring (bicyclic) bond motifs is 1. The van der Waals surface area contributed by atoms with E-state index in [-0.39, 0.29) is 0 Å². The molecule has 1 aromatic heterocycles. The number of hydrogen-bond donors (Lipinski definition) is 2. The highest BCUT2D eigenvalue weighted by atomic mass is 16.4. The van der Waals surface area contributed by atoms with E-state index < -0.39 is 12.0 Å². The SMILES string of the molecule is O=C(O)[C@@H](c1ccccc1)N1CCC(CCCCCc2ccc3c(n2)NCCC3)CC1. The van der Waals surface area contributed by atoms with Crippen molar-refractivity contribution in [2.24, 2.45) is 5.92 Å². The number of rotatable bonds is 9. The molecule has 1 aromatic carbocycles. The van der Waals surface area contributed by atoms with Gasteiger partial charge in [-0.15, -0.1) is 0 Å². The number of likely N-dealkylation sites (tertiary alicyclic amines) is 1. The van der Waals surface area contributed by atoms with Gasteiger partial charge >= 0.3 is 5.97 Å². The summed E-state index contributed by atoms with van der Waals surface area (Å²) in [6.07, 6.45) is 10.6. The van der Waals surface area contributed by atoms with E-state index in [0.29, 0.717) is 0 Å². The first-order valence-electron chi connectivity index (χ1n) is 11.9. The highest BCUT2D eigenvalue weighted by molar-refractivity contribution is 5.75. The Hall–Kier alpha value is -2.40. The molecule has 0 amide bonds. The number of aryl methyl sites for hydroxylation is 2. The molecule has 5 heteroatoms. The second-order valence-corrected chi connectivity index (χ2v) is 9.07. The Morgan fingerprint density at radius 1 is 1.10 bits per heavy atom. The van der Waals surface area contributed by atoms with Crippen molar-refractivity contribution in [2.45, 2.75) is 63.8 Å². The van der Waals surface area contributed by atoms with E-state index in [4.69, 9.17) is 4.98 Å². The van der Waals surface area contributed by atoms with E-state index in [2.05, 4.69) is 22.3 Å². The number of piperidine rings is 1. The fraction of sp³-hybridized carbons (Fsp3) is 0.538. The Kier molecular flexibility index (Phi) is 7.57. The lowest BCUT2D eigenvalue weighted by molar-refractivity contribution is -0.144. The van der Waals surface area contributed by atoms with Gasteiger partial charge in [0.1, 0.15) is 11.9 Å². The van der Waals surface area contributed by atoms with E-state index in [1.165, 1.54) is 43.4 Å². The first-order chi connectivity index (χ1) is 15.2. The summed E-state index contributed by atoms with van der Waals surface area (Å²) in [7, 11) is 0. The molecule has 1 fully saturated rings. The Morgan fingerprint density at radius 3 is 2.68 bits per heavy atom. The van der Waals surface area contributed by atoms with Crippen LogP contribution in [-0.4, -0.2) is 40.6 Å². The molecule has 2 aromatic rings. The molecular formula is C26H35N3O2. The van der Waals surface area contributed by atoms with Crippen LogP contribution in [0.2, 0.25) is 0 Å². The standard InChI is InChI=1S/C26H35N3O2/c30-26(31)24(21-9-4-2-5-10-21)29-18-15-20(16-19-29)8-3-1-6-12-23-14-13-22-11-7-17-27-25(22)28-23/h2,4-5,9-10,13-14,20,24H,1,3,6-8,11-12,15-19H2,(H,27,28)(H,30,31)/t24-/m1/s1. The number of aliphatic carboxylic acids is 1. The smallest absolute Gasteiger partial charge is 0.325 e. The van der Waals surface area contributed by atoms with Crippen LogP contribution in [0, 0.1) is 5.92 Å². The minimum Gasteiger partial charge on any atom is -0.480 e. The maximum Gasteiger partial charge on any atom is 0.325 e. The number of carbonyl (C=O) groups is 1. The fourth-order valence-electron chi connectivity index (χ4n) is 5.07. The van der Waals surface area contributed by atoms with Gasteiger partial charge in [-0.25, -0.2) is 4.98 Å². The Morgan fingerprint density at radius 2 is 1.90 bits per heavy atom. The zero-order valence-corrected chi connectivity index (χ0v) is 18.4. The van der Waals surface area contributed by atoms with E-state index in [1.54, 1.807) is 0 Å². The maximum atomic E-state index is 11.9. The molecule has 2 N–H and O–H groups in total. The van der Waals surface area contributed by atoms with Gasteiger partial charge in [-0.2, -0.15) is 0 Å². The Bertz CT molecular complexity index is 847. The van der Waals surface area contributed by atoms with Crippen molar-refractivity contribution >= 4 is 11.8 Å². The van der Waals surface area contributed by atoms with Gasteiger partial charge in [0.05, 0.1) is 0 Å². The van der Waals surface area contributed by atoms with E-state index in [1.807, 2.05) is 30.3 Å². The van der Waals surface area contributed by atoms with E-state index >= 15 is 0 Å². The number of carboxylic acid groups (broad SMARTS) is 1. The molecule has 0 bridgehead atoms. The summed E-state index contributed by atoms with van der Waals surface area (Å²) < 4.78 is 0. The van der Waals surface area contributed by atoms with Crippen LogP contribution in [0.4, 0.5) is 5.82 Å². The van der Waals surface area contributed by atoms with Gasteiger partial charge in [0.25, 0.3) is 0 Å². The summed E-state index contributed by atoms with van der Waals surface area (Å²) in [6, 6.07) is 13.6. The van der Waals surface area contributed by atoms with Crippen molar-refractivity contribution < 1.29 is 9.90 Å². The summed E-state index contributed by atoms with van der Waals surface area (Å²) in [5.41, 5.74) is 3.46. The van der Waals surface area contributed by atoms with Gasteiger partial charge in [-0.05, 0) is 74.7 Å². The number of benzene rings is 1. The van der Waals surface area contributed by atoms with Crippen LogP contribution in [0.5, 0.6) is 0 Å². The number of hydrogen-bond acceptors (Lipinski definition) is 4. The number of unbranched alkanes of at least 4 members (excludes halogenated alkanes) is 2. The molecule has 5 nitrogen and oxygen atoms in total. The van der Waals surface area contributed by atoms with Crippen molar-refractivity contribution in [1.29, 1.82) is 0 Å². The predicted octanol–water partition coefficient (Wildman–Crippen LogP) is 5.08. The average Bonchev–Trinajstić information content (AvgIpc) is 2.80. The zero-order valence-electron chi connectivity index (χ0n) is 18.4. The highest BCUT2D eigenvalue weighted by Crippen LogP contribution is 2.29. The monoisotopic (exact) mass is 421 g/mol. The zero-order chi connectivity index (χ0) is 21.5. The molecule has 0 unspecified atom stereocenters. The summed E-state index contributed by atoms with van der Waals surface area (Å²) in [6.45, 7) is 2.80. The molecule has 3 heterocycles. The molecule has 2 aliphatic heterocycles. The number of pyridine rings is 1. The first kappa shape index (κ1) is 21.8. The topological polar surface area (TPSA) is 65.5 Å². The summed E-state index contributed by atoms with van der Waals surface area (Å²) >= 11 is 0. The van der Waals surface area contributed by atoms with Gasteiger partial charge in [-0.1, -0.05) is 55.7 Å². The molecule has 0 radical (unpaired) electrons. The van der Waals surface area contributed by atoms with Crippen LogP contribution in [0.1, 0.15) is 67.8 Å². The molecule has 4 rings (SSSR count). The lowest BCUT2D eigenvalue weighted by atomic mass is 9.89. The summed E-state index contributed by atoms with van der Waals surface area (Å²) in [4.78, 5) is 18.8. The van der Waals surface area contributed by atoms with Gasteiger partial charge in [-0.3, -0.25) is 9.69 Å². The molecule has 2 aliphatic rings. The summed E-state index contributed by atoms with van der Waals surface area (Å²) in [5.74, 6) is 1.09. The average molecular weight is 422 g/mol. The number of anilines is 1.